The second-order valence-corrected chi connectivity index (χ2v) is 5.52. The molecule has 0 spiro atoms. The van der Waals surface area contributed by atoms with Crippen molar-refractivity contribution in [3.63, 3.8) is 0 Å². The molecule has 3 nitrogen and oxygen atoms in total. The van der Waals surface area contributed by atoms with E-state index in [9.17, 15) is 10.2 Å². The lowest BCUT2D eigenvalue weighted by Crippen LogP contribution is -2.24. The predicted octanol–water partition coefficient (Wildman–Crippen LogP) is 3.83. The quantitative estimate of drug-likeness (QED) is 0.793. The fourth-order valence-electron chi connectivity index (χ4n) is 2.68. The van der Waals surface area contributed by atoms with E-state index < -0.39 is 0 Å². The molecule has 0 aliphatic rings. The van der Waals surface area contributed by atoms with Crippen molar-refractivity contribution in [2.24, 2.45) is 0 Å². The lowest BCUT2D eigenvalue weighted by atomic mass is 9.73. The molecule has 0 atom stereocenters. The lowest BCUT2D eigenvalue weighted by Gasteiger charge is -2.31. The molecule has 0 fully saturated rings. The third-order valence-electron chi connectivity index (χ3n) is 4.03. The second kappa shape index (κ2) is 6.64. The highest BCUT2D eigenvalue weighted by atomic mass is 16.5. The van der Waals surface area contributed by atoms with Crippen molar-refractivity contribution in [3.05, 3.63) is 59.7 Å². The molecule has 0 radical (unpaired) electrons. The van der Waals surface area contributed by atoms with Crippen LogP contribution in [-0.4, -0.2) is 23.9 Å². The molecule has 3 heteroatoms. The number of phenols is 2. The molecule has 0 heterocycles. The molecule has 0 unspecified atom stereocenters. The molecule has 0 saturated carbocycles. The summed E-state index contributed by atoms with van der Waals surface area (Å²) in [4.78, 5) is 0. The average Bonchev–Trinajstić information content (AvgIpc) is 2.48. The zero-order valence-corrected chi connectivity index (χ0v) is 12.5. The smallest absolute Gasteiger partial charge is 0.115 e. The number of ether oxygens (including phenoxy) is 1. The van der Waals surface area contributed by atoms with E-state index in [0.29, 0.717) is 6.61 Å². The largest absolute Gasteiger partial charge is 0.508 e. The van der Waals surface area contributed by atoms with E-state index in [0.717, 1.165) is 24.0 Å². The van der Waals surface area contributed by atoms with Gasteiger partial charge in [0, 0.05) is 19.1 Å². The summed E-state index contributed by atoms with van der Waals surface area (Å²) < 4.78 is 5.17. The first kappa shape index (κ1) is 15.4. The Morgan fingerprint density at radius 3 is 1.67 bits per heavy atom. The summed E-state index contributed by atoms with van der Waals surface area (Å²) >= 11 is 0. The van der Waals surface area contributed by atoms with Gasteiger partial charge in [-0.25, -0.2) is 0 Å². The first-order valence-corrected chi connectivity index (χ1v) is 7.14. The molecule has 0 amide bonds. The van der Waals surface area contributed by atoms with Gasteiger partial charge in [-0.3, -0.25) is 0 Å². The third kappa shape index (κ3) is 3.56. The monoisotopic (exact) mass is 286 g/mol. The van der Waals surface area contributed by atoms with E-state index in [4.69, 9.17) is 4.74 Å². The molecule has 0 bridgehead atoms. The standard InChI is InChI=1S/C18H22O3/c1-18(12-3-13-21-2,14-4-8-16(19)9-5-14)15-6-10-17(20)11-7-15/h4-11,19-20H,3,12-13H2,1-2H3. The fraction of sp³-hybridized carbons (Fsp3) is 0.333. The number of methoxy groups -OCH3 is 1. The van der Waals surface area contributed by atoms with Gasteiger partial charge in [0.25, 0.3) is 0 Å². The molecular formula is C18H22O3. The van der Waals surface area contributed by atoms with Gasteiger partial charge in [-0.05, 0) is 48.2 Å². The van der Waals surface area contributed by atoms with Crippen LogP contribution in [0.15, 0.2) is 48.5 Å². The highest BCUT2D eigenvalue weighted by molar-refractivity contribution is 5.42. The van der Waals surface area contributed by atoms with Gasteiger partial charge in [-0.1, -0.05) is 31.2 Å². The maximum atomic E-state index is 9.49. The molecule has 112 valence electrons. The number of rotatable bonds is 6. The Morgan fingerprint density at radius 2 is 1.29 bits per heavy atom. The Hall–Kier alpha value is -2.00. The minimum Gasteiger partial charge on any atom is -0.508 e. The molecule has 0 aromatic heterocycles. The Bertz CT molecular complexity index is 513. The summed E-state index contributed by atoms with van der Waals surface area (Å²) in [7, 11) is 1.71. The van der Waals surface area contributed by atoms with Crippen molar-refractivity contribution < 1.29 is 14.9 Å². The highest BCUT2D eigenvalue weighted by Gasteiger charge is 2.28. The van der Waals surface area contributed by atoms with Gasteiger partial charge in [0.05, 0.1) is 0 Å². The van der Waals surface area contributed by atoms with Gasteiger partial charge in [-0.15, -0.1) is 0 Å². The van der Waals surface area contributed by atoms with Crippen LogP contribution >= 0.6 is 0 Å². The molecule has 2 aromatic carbocycles. The average molecular weight is 286 g/mol. The van der Waals surface area contributed by atoms with Crippen LogP contribution in [0.25, 0.3) is 0 Å². The Morgan fingerprint density at radius 1 is 0.857 bits per heavy atom. The maximum absolute atomic E-state index is 9.49. The topological polar surface area (TPSA) is 49.7 Å². The van der Waals surface area contributed by atoms with Crippen molar-refractivity contribution in [2.45, 2.75) is 25.2 Å². The molecule has 21 heavy (non-hydrogen) atoms. The Kier molecular flexibility index (Phi) is 4.86. The Labute approximate surface area is 125 Å². The SMILES string of the molecule is COCCCC(C)(c1ccc(O)cc1)c1ccc(O)cc1. The number of aromatic hydroxyl groups is 2. The van der Waals surface area contributed by atoms with Gasteiger partial charge in [0.1, 0.15) is 11.5 Å². The minimum absolute atomic E-state index is 0.181. The van der Waals surface area contributed by atoms with Crippen LogP contribution in [0.3, 0.4) is 0 Å². The summed E-state index contributed by atoms with van der Waals surface area (Å²) in [5, 5.41) is 19.0. The van der Waals surface area contributed by atoms with E-state index >= 15 is 0 Å². The summed E-state index contributed by atoms with van der Waals surface area (Å²) in [5.74, 6) is 0.535. The second-order valence-electron chi connectivity index (χ2n) is 5.52. The third-order valence-corrected chi connectivity index (χ3v) is 4.03. The van der Waals surface area contributed by atoms with Gasteiger partial charge >= 0.3 is 0 Å². The fourth-order valence-corrected chi connectivity index (χ4v) is 2.68. The van der Waals surface area contributed by atoms with Crippen LogP contribution in [0.4, 0.5) is 0 Å². The van der Waals surface area contributed by atoms with Crippen LogP contribution < -0.4 is 0 Å². The van der Waals surface area contributed by atoms with Gasteiger partial charge < -0.3 is 14.9 Å². The summed E-state index contributed by atoms with van der Waals surface area (Å²) in [5.41, 5.74) is 2.10. The summed E-state index contributed by atoms with van der Waals surface area (Å²) in [6.07, 6.45) is 1.87. The van der Waals surface area contributed by atoms with Crippen LogP contribution in [-0.2, 0) is 10.2 Å². The molecule has 0 aliphatic heterocycles. The number of phenolic OH excluding ortho intramolecular Hbond substituents is 2. The van der Waals surface area contributed by atoms with Crippen LogP contribution in [0.5, 0.6) is 11.5 Å². The zero-order chi connectivity index (χ0) is 15.3. The normalized spacial score (nSPS) is 11.5. The van der Waals surface area contributed by atoms with E-state index in [-0.39, 0.29) is 16.9 Å². The molecular weight excluding hydrogens is 264 g/mol. The van der Waals surface area contributed by atoms with E-state index in [2.05, 4.69) is 6.92 Å². The van der Waals surface area contributed by atoms with Crippen molar-refractivity contribution in [1.29, 1.82) is 0 Å². The molecule has 0 aliphatic carbocycles. The maximum Gasteiger partial charge on any atom is 0.115 e. The molecule has 2 aromatic rings. The molecule has 2 N–H and O–H groups in total. The van der Waals surface area contributed by atoms with E-state index in [1.54, 1.807) is 31.4 Å². The number of benzene rings is 2. The van der Waals surface area contributed by atoms with Crippen LogP contribution in [0, 0.1) is 0 Å². The van der Waals surface area contributed by atoms with E-state index in [1.807, 2.05) is 24.3 Å². The van der Waals surface area contributed by atoms with Crippen LogP contribution in [0.1, 0.15) is 30.9 Å². The van der Waals surface area contributed by atoms with Gasteiger partial charge in [0.2, 0.25) is 0 Å². The summed E-state index contributed by atoms with van der Waals surface area (Å²) in [6.45, 7) is 2.90. The van der Waals surface area contributed by atoms with E-state index in [1.165, 1.54) is 0 Å². The number of hydrogen-bond donors (Lipinski definition) is 2. The first-order chi connectivity index (χ1) is 10.1. The lowest BCUT2D eigenvalue weighted by molar-refractivity contribution is 0.187. The van der Waals surface area contributed by atoms with Crippen molar-refractivity contribution in [3.8, 4) is 11.5 Å². The van der Waals surface area contributed by atoms with Crippen molar-refractivity contribution >= 4 is 0 Å². The number of hydrogen-bond acceptors (Lipinski definition) is 3. The molecule has 2 rings (SSSR count). The van der Waals surface area contributed by atoms with Crippen molar-refractivity contribution in [2.75, 3.05) is 13.7 Å². The Balaban J connectivity index is 2.37. The highest BCUT2D eigenvalue weighted by Crippen LogP contribution is 2.37. The first-order valence-electron chi connectivity index (χ1n) is 7.14. The molecule has 0 saturated heterocycles. The summed E-state index contributed by atoms with van der Waals surface area (Å²) in [6, 6.07) is 14.7. The van der Waals surface area contributed by atoms with Crippen molar-refractivity contribution in [1.82, 2.24) is 0 Å². The zero-order valence-electron chi connectivity index (χ0n) is 12.5. The van der Waals surface area contributed by atoms with Gasteiger partial charge in [0.15, 0.2) is 0 Å². The van der Waals surface area contributed by atoms with Gasteiger partial charge in [-0.2, -0.15) is 0 Å². The minimum atomic E-state index is -0.181. The van der Waals surface area contributed by atoms with Crippen LogP contribution in [0.2, 0.25) is 0 Å². The predicted molar refractivity (Wildman–Crippen MR) is 83.8 cm³/mol.